The van der Waals surface area contributed by atoms with E-state index < -0.39 is 10.0 Å². The Morgan fingerprint density at radius 2 is 1.39 bits per heavy atom. The summed E-state index contributed by atoms with van der Waals surface area (Å²) in [5.41, 5.74) is 1.77. The third-order valence-corrected chi connectivity index (χ3v) is 8.67. The Morgan fingerprint density at radius 3 is 1.94 bits per heavy atom. The lowest BCUT2D eigenvalue weighted by atomic mass is 10.1. The lowest BCUT2D eigenvalue weighted by Crippen LogP contribution is -2.50. The molecule has 0 saturated carbocycles. The smallest absolute Gasteiger partial charge is 0.253 e. The fourth-order valence-corrected chi connectivity index (χ4v) is 5.93. The van der Waals surface area contributed by atoms with Crippen molar-refractivity contribution in [3.63, 3.8) is 0 Å². The zero-order valence-corrected chi connectivity index (χ0v) is 20.7. The van der Waals surface area contributed by atoms with Crippen LogP contribution in [0, 0.1) is 0 Å². The van der Waals surface area contributed by atoms with Gasteiger partial charge in [-0.25, -0.2) is 8.42 Å². The molecule has 1 amide bonds. The molecule has 178 valence electrons. The predicted molar refractivity (Wildman–Crippen MR) is 131 cm³/mol. The summed E-state index contributed by atoms with van der Waals surface area (Å²) in [6.07, 6.45) is 0. The monoisotopic (exact) mass is 490 g/mol. The van der Waals surface area contributed by atoms with E-state index in [4.69, 9.17) is 11.6 Å². The number of carbonyl (C=O) groups excluding carboxylic acids is 1. The van der Waals surface area contributed by atoms with Crippen molar-refractivity contribution < 1.29 is 13.2 Å². The number of halogens is 1. The average molecular weight is 491 g/mol. The maximum Gasteiger partial charge on any atom is 0.253 e. The van der Waals surface area contributed by atoms with Gasteiger partial charge in [0.1, 0.15) is 0 Å². The zero-order valence-electron chi connectivity index (χ0n) is 19.2. The van der Waals surface area contributed by atoms with Crippen LogP contribution in [0.5, 0.6) is 0 Å². The van der Waals surface area contributed by atoms with Crippen LogP contribution in [-0.4, -0.2) is 86.8 Å². The highest BCUT2D eigenvalue weighted by Crippen LogP contribution is 2.22. The molecule has 0 radical (unpaired) electrons. The van der Waals surface area contributed by atoms with E-state index in [2.05, 4.69) is 23.6 Å². The first kappa shape index (κ1) is 24.0. The van der Waals surface area contributed by atoms with Crippen LogP contribution in [0.2, 0.25) is 5.02 Å². The molecule has 2 heterocycles. The molecular weight excluding hydrogens is 460 g/mol. The van der Waals surface area contributed by atoms with Gasteiger partial charge in [-0.2, -0.15) is 4.31 Å². The molecule has 0 aliphatic carbocycles. The zero-order chi connectivity index (χ0) is 23.6. The molecule has 0 spiro atoms. The van der Waals surface area contributed by atoms with Crippen LogP contribution in [0.4, 0.5) is 5.69 Å². The number of carbonyl (C=O) groups is 1. The summed E-state index contributed by atoms with van der Waals surface area (Å²) < 4.78 is 27.2. The van der Waals surface area contributed by atoms with E-state index in [1.807, 2.05) is 24.3 Å². The predicted octanol–water partition coefficient (Wildman–Crippen LogP) is 3.02. The number of sulfonamides is 1. The van der Waals surface area contributed by atoms with Gasteiger partial charge in [-0.1, -0.05) is 11.6 Å². The van der Waals surface area contributed by atoms with Gasteiger partial charge in [0.05, 0.1) is 4.90 Å². The highest BCUT2D eigenvalue weighted by Gasteiger charge is 2.30. The number of anilines is 1. The number of rotatable bonds is 5. The molecule has 2 aromatic carbocycles. The van der Waals surface area contributed by atoms with Crippen molar-refractivity contribution in [3.8, 4) is 0 Å². The van der Waals surface area contributed by atoms with Gasteiger partial charge in [0.15, 0.2) is 0 Å². The first-order chi connectivity index (χ1) is 15.8. The normalized spacial score (nSPS) is 18.7. The maximum atomic E-state index is 13.0. The van der Waals surface area contributed by atoms with Gasteiger partial charge >= 0.3 is 0 Å². The molecule has 2 aliphatic heterocycles. The summed E-state index contributed by atoms with van der Waals surface area (Å²) in [7, 11) is -3.59. The van der Waals surface area contributed by atoms with E-state index in [1.165, 1.54) is 16.4 Å². The Bertz CT molecular complexity index is 1060. The highest BCUT2D eigenvalue weighted by atomic mass is 35.5. The number of amides is 1. The second-order valence-electron chi connectivity index (χ2n) is 8.81. The SMILES string of the molecule is CC(C)N1CCN(c2ccc(C(=O)N3CCN(S(=O)(=O)c4ccc(Cl)cc4)CC3)cc2)CC1. The van der Waals surface area contributed by atoms with Crippen LogP contribution in [0.25, 0.3) is 0 Å². The largest absolute Gasteiger partial charge is 0.369 e. The molecule has 2 aliphatic rings. The average Bonchev–Trinajstić information content (AvgIpc) is 2.84. The standard InChI is InChI=1S/C24H31ClN4O3S/c1-19(2)26-11-13-27(14-12-26)22-7-3-20(4-8-22)24(30)28-15-17-29(18-16-28)33(31,32)23-9-5-21(25)6-10-23/h3-10,19H,11-18H2,1-2H3. The van der Waals surface area contributed by atoms with Crippen LogP contribution in [0.1, 0.15) is 24.2 Å². The molecule has 2 aromatic rings. The van der Waals surface area contributed by atoms with Crippen molar-refractivity contribution in [1.29, 1.82) is 0 Å². The van der Waals surface area contributed by atoms with Crippen molar-refractivity contribution in [3.05, 3.63) is 59.1 Å². The van der Waals surface area contributed by atoms with E-state index in [0.29, 0.717) is 29.7 Å². The molecule has 2 fully saturated rings. The van der Waals surface area contributed by atoms with E-state index in [1.54, 1.807) is 17.0 Å². The molecule has 0 atom stereocenters. The molecule has 2 saturated heterocycles. The summed E-state index contributed by atoms with van der Waals surface area (Å²) in [5, 5.41) is 0.494. The fourth-order valence-electron chi connectivity index (χ4n) is 4.38. The van der Waals surface area contributed by atoms with Crippen LogP contribution in [-0.2, 0) is 10.0 Å². The Kier molecular flexibility index (Phi) is 7.28. The summed E-state index contributed by atoms with van der Waals surface area (Å²) in [5.74, 6) is -0.0604. The van der Waals surface area contributed by atoms with Gasteiger partial charge in [-0.05, 0) is 62.4 Å². The summed E-state index contributed by atoms with van der Waals surface area (Å²) in [4.78, 5) is 19.8. The molecule has 9 heteroatoms. The third-order valence-electron chi connectivity index (χ3n) is 6.50. The fraction of sp³-hybridized carbons (Fsp3) is 0.458. The van der Waals surface area contributed by atoms with Gasteiger partial charge in [0.2, 0.25) is 10.0 Å². The lowest BCUT2D eigenvalue weighted by molar-refractivity contribution is 0.0698. The second-order valence-corrected chi connectivity index (χ2v) is 11.2. The van der Waals surface area contributed by atoms with Gasteiger partial charge in [0.25, 0.3) is 5.91 Å². The number of piperazine rings is 2. The first-order valence-electron chi connectivity index (χ1n) is 11.4. The lowest BCUT2D eigenvalue weighted by Gasteiger charge is -2.38. The molecule has 7 nitrogen and oxygen atoms in total. The van der Waals surface area contributed by atoms with Crippen molar-refractivity contribution in [2.24, 2.45) is 0 Å². The van der Waals surface area contributed by atoms with E-state index in [-0.39, 0.29) is 23.9 Å². The summed E-state index contributed by atoms with van der Waals surface area (Å²) in [6, 6.07) is 14.5. The van der Waals surface area contributed by atoms with Crippen LogP contribution >= 0.6 is 11.6 Å². The van der Waals surface area contributed by atoms with Crippen LogP contribution in [0.15, 0.2) is 53.4 Å². The number of hydrogen-bond acceptors (Lipinski definition) is 5. The molecule has 0 bridgehead atoms. The molecule has 0 aromatic heterocycles. The number of hydrogen-bond donors (Lipinski definition) is 0. The Balaban J connectivity index is 1.34. The number of benzene rings is 2. The van der Waals surface area contributed by atoms with Gasteiger partial charge in [-0.3, -0.25) is 9.69 Å². The summed E-state index contributed by atoms with van der Waals surface area (Å²) >= 11 is 5.87. The highest BCUT2D eigenvalue weighted by molar-refractivity contribution is 7.89. The molecule has 0 unspecified atom stereocenters. The van der Waals surface area contributed by atoms with Crippen molar-refractivity contribution in [1.82, 2.24) is 14.1 Å². The Labute approximate surface area is 201 Å². The van der Waals surface area contributed by atoms with Gasteiger partial charge in [0, 0.05) is 74.7 Å². The minimum Gasteiger partial charge on any atom is -0.369 e. The molecule has 4 rings (SSSR count). The second kappa shape index (κ2) is 10.0. The topological polar surface area (TPSA) is 64.2 Å². The van der Waals surface area contributed by atoms with Crippen LogP contribution < -0.4 is 4.90 Å². The molecule has 0 N–H and O–H groups in total. The Hall–Kier alpha value is -2.13. The van der Waals surface area contributed by atoms with E-state index >= 15 is 0 Å². The molecular formula is C24H31ClN4O3S. The van der Waals surface area contributed by atoms with Gasteiger partial charge < -0.3 is 9.80 Å². The molecule has 33 heavy (non-hydrogen) atoms. The Morgan fingerprint density at radius 1 is 0.818 bits per heavy atom. The van der Waals surface area contributed by atoms with E-state index in [0.717, 1.165) is 31.9 Å². The quantitative estimate of drug-likeness (QED) is 0.644. The number of nitrogens with zero attached hydrogens (tertiary/aromatic N) is 4. The van der Waals surface area contributed by atoms with Crippen LogP contribution in [0.3, 0.4) is 0 Å². The minimum absolute atomic E-state index is 0.0604. The summed E-state index contributed by atoms with van der Waals surface area (Å²) in [6.45, 7) is 9.78. The minimum atomic E-state index is -3.59. The third kappa shape index (κ3) is 5.35. The van der Waals surface area contributed by atoms with Crippen molar-refractivity contribution in [2.45, 2.75) is 24.8 Å². The van der Waals surface area contributed by atoms with E-state index in [9.17, 15) is 13.2 Å². The van der Waals surface area contributed by atoms with Crippen molar-refractivity contribution in [2.75, 3.05) is 57.3 Å². The maximum absolute atomic E-state index is 13.0. The first-order valence-corrected chi connectivity index (χ1v) is 13.2. The van der Waals surface area contributed by atoms with Gasteiger partial charge in [-0.15, -0.1) is 0 Å². The van der Waals surface area contributed by atoms with Crippen molar-refractivity contribution >= 4 is 33.2 Å².